The second kappa shape index (κ2) is 10.1. The van der Waals surface area contributed by atoms with Crippen molar-refractivity contribution in [2.45, 2.75) is 25.7 Å². The number of hydrogen-bond acceptors (Lipinski definition) is 2. The van der Waals surface area contributed by atoms with Crippen LogP contribution in [0.1, 0.15) is 24.0 Å². The number of aliphatic hydroxyl groups is 1. The van der Waals surface area contributed by atoms with Crippen LogP contribution in [0.3, 0.4) is 0 Å². The second-order valence-corrected chi connectivity index (χ2v) is 6.26. The topological polar surface area (TPSA) is 40.5 Å². The lowest BCUT2D eigenvalue weighted by atomic mass is 10.1. The first-order chi connectivity index (χ1) is 11.7. The molecule has 0 saturated heterocycles. The summed E-state index contributed by atoms with van der Waals surface area (Å²) < 4.78 is 0. The average molecular weight is 346 g/mol. The highest BCUT2D eigenvalue weighted by Crippen LogP contribution is 2.12. The molecule has 0 aliphatic carbocycles. The minimum Gasteiger partial charge on any atom is -0.395 e. The fraction of sp³-hybridized carbons (Fsp3) is 0.350. The van der Waals surface area contributed by atoms with Gasteiger partial charge < -0.3 is 10.0 Å². The lowest BCUT2D eigenvalue weighted by molar-refractivity contribution is -0.131. The fourth-order valence-corrected chi connectivity index (χ4v) is 2.77. The normalized spacial score (nSPS) is 10.6. The minimum atomic E-state index is -0.00227. The molecule has 0 heterocycles. The first kappa shape index (κ1) is 18.5. The highest BCUT2D eigenvalue weighted by Gasteiger charge is 2.12. The Morgan fingerprint density at radius 3 is 2.25 bits per heavy atom. The molecule has 24 heavy (non-hydrogen) atoms. The molecule has 3 nitrogen and oxygen atoms in total. The van der Waals surface area contributed by atoms with Gasteiger partial charge >= 0.3 is 0 Å². The summed E-state index contributed by atoms with van der Waals surface area (Å²) >= 11 is 5.87. The van der Waals surface area contributed by atoms with Crippen molar-refractivity contribution in [2.24, 2.45) is 0 Å². The molecule has 0 atom stereocenters. The number of carbonyl (C=O) groups is 1. The molecule has 0 fully saturated rings. The SMILES string of the molecule is O=C(CCCc1ccc(Cl)cc1)N(CCO)CCc1ccccc1. The lowest BCUT2D eigenvalue weighted by Gasteiger charge is -2.22. The first-order valence-electron chi connectivity index (χ1n) is 8.36. The van der Waals surface area contributed by atoms with E-state index in [0.29, 0.717) is 19.5 Å². The summed E-state index contributed by atoms with van der Waals surface area (Å²) in [5.41, 5.74) is 2.39. The molecule has 0 aliphatic heterocycles. The molecule has 128 valence electrons. The largest absolute Gasteiger partial charge is 0.395 e. The number of aryl methyl sites for hydroxylation is 1. The number of carbonyl (C=O) groups excluding carboxylic acids is 1. The zero-order valence-electron chi connectivity index (χ0n) is 13.8. The molecule has 0 bridgehead atoms. The van der Waals surface area contributed by atoms with Gasteiger partial charge in [-0.2, -0.15) is 0 Å². The molecule has 0 saturated carbocycles. The molecule has 2 aromatic rings. The zero-order valence-corrected chi connectivity index (χ0v) is 14.6. The van der Waals surface area contributed by atoms with Crippen LogP contribution in [0.25, 0.3) is 0 Å². The molecular weight excluding hydrogens is 322 g/mol. The minimum absolute atomic E-state index is 0.00227. The highest BCUT2D eigenvalue weighted by molar-refractivity contribution is 6.30. The van der Waals surface area contributed by atoms with Crippen molar-refractivity contribution in [3.63, 3.8) is 0 Å². The number of nitrogens with zero attached hydrogens (tertiary/aromatic N) is 1. The van der Waals surface area contributed by atoms with Gasteiger partial charge in [-0.1, -0.05) is 54.1 Å². The van der Waals surface area contributed by atoms with Gasteiger partial charge in [0.2, 0.25) is 5.91 Å². The Bertz CT molecular complexity index is 613. The van der Waals surface area contributed by atoms with E-state index >= 15 is 0 Å². The maximum atomic E-state index is 12.4. The standard InChI is InChI=1S/C20H24ClNO2/c21-19-11-9-18(10-12-19)7-4-8-20(24)22(15-16-23)14-13-17-5-2-1-3-6-17/h1-3,5-6,9-12,23H,4,7-8,13-16H2. The van der Waals surface area contributed by atoms with Crippen molar-refractivity contribution in [2.75, 3.05) is 19.7 Å². The van der Waals surface area contributed by atoms with E-state index in [2.05, 4.69) is 12.1 Å². The van der Waals surface area contributed by atoms with Gasteiger partial charge in [0.1, 0.15) is 0 Å². The Balaban J connectivity index is 1.78. The van der Waals surface area contributed by atoms with Crippen LogP contribution in [0.15, 0.2) is 54.6 Å². The molecule has 0 aliphatic rings. The van der Waals surface area contributed by atoms with E-state index in [9.17, 15) is 9.90 Å². The van der Waals surface area contributed by atoms with Crippen LogP contribution < -0.4 is 0 Å². The number of rotatable bonds is 9. The van der Waals surface area contributed by atoms with E-state index in [-0.39, 0.29) is 12.5 Å². The van der Waals surface area contributed by atoms with Crippen LogP contribution in [-0.4, -0.2) is 35.6 Å². The summed E-state index contributed by atoms with van der Waals surface area (Å²) in [6, 6.07) is 17.8. The van der Waals surface area contributed by atoms with Gasteiger partial charge in [-0.15, -0.1) is 0 Å². The predicted octanol–water partition coefficient (Wildman–Crippen LogP) is 3.73. The number of benzene rings is 2. The zero-order chi connectivity index (χ0) is 17.2. The van der Waals surface area contributed by atoms with E-state index in [0.717, 1.165) is 24.3 Å². The Hall–Kier alpha value is -1.84. The van der Waals surface area contributed by atoms with Gasteiger partial charge in [0.25, 0.3) is 0 Å². The molecule has 0 aromatic heterocycles. The van der Waals surface area contributed by atoms with Crippen molar-refractivity contribution in [3.8, 4) is 0 Å². The summed E-state index contributed by atoms with van der Waals surface area (Å²) in [4.78, 5) is 14.2. The summed E-state index contributed by atoms with van der Waals surface area (Å²) in [6.45, 7) is 1.04. The quantitative estimate of drug-likeness (QED) is 0.752. The highest BCUT2D eigenvalue weighted by atomic mass is 35.5. The molecule has 4 heteroatoms. The van der Waals surface area contributed by atoms with Crippen LogP contribution in [-0.2, 0) is 17.6 Å². The van der Waals surface area contributed by atoms with Crippen LogP contribution in [0.4, 0.5) is 0 Å². The van der Waals surface area contributed by atoms with Gasteiger partial charge in [0.15, 0.2) is 0 Å². The average Bonchev–Trinajstić information content (AvgIpc) is 2.61. The number of amides is 1. The van der Waals surface area contributed by atoms with Crippen LogP contribution in [0.2, 0.25) is 5.02 Å². The molecule has 2 rings (SSSR count). The second-order valence-electron chi connectivity index (χ2n) is 5.82. The van der Waals surface area contributed by atoms with E-state index < -0.39 is 0 Å². The van der Waals surface area contributed by atoms with Crippen molar-refractivity contribution >= 4 is 17.5 Å². The molecule has 1 N–H and O–H groups in total. The monoisotopic (exact) mass is 345 g/mol. The number of aliphatic hydroxyl groups excluding tert-OH is 1. The summed E-state index contributed by atoms with van der Waals surface area (Å²) in [5, 5.41) is 9.93. The first-order valence-corrected chi connectivity index (χ1v) is 8.74. The van der Waals surface area contributed by atoms with Gasteiger partial charge in [0.05, 0.1) is 6.61 Å². The molecule has 0 radical (unpaired) electrons. The third-order valence-electron chi connectivity index (χ3n) is 4.01. The number of halogens is 1. The third-order valence-corrected chi connectivity index (χ3v) is 4.26. The van der Waals surface area contributed by atoms with E-state index in [4.69, 9.17) is 11.6 Å². The van der Waals surface area contributed by atoms with Crippen LogP contribution in [0, 0.1) is 0 Å². The van der Waals surface area contributed by atoms with Gasteiger partial charge in [0, 0.05) is 24.5 Å². The Morgan fingerprint density at radius 1 is 0.917 bits per heavy atom. The molecule has 0 unspecified atom stereocenters. The summed E-state index contributed by atoms with van der Waals surface area (Å²) in [5.74, 6) is 0.106. The maximum absolute atomic E-state index is 12.4. The van der Waals surface area contributed by atoms with E-state index in [1.54, 1.807) is 4.90 Å². The maximum Gasteiger partial charge on any atom is 0.222 e. The molecule has 1 amide bonds. The van der Waals surface area contributed by atoms with Crippen LogP contribution in [0.5, 0.6) is 0 Å². The van der Waals surface area contributed by atoms with Crippen molar-refractivity contribution in [1.29, 1.82) is 0 Å². The van der Waals surface area contributed by atoms with Gasteiger partial charge in [-0.25, -0.2) is 0 Å². The number of hydrogen-bond donors (Lipinski definition) is 1. The van der Waals surface area contributed by atoms with Crippen molar-refractivity contribution in [1.82, 2.24) is 4.90 Å². The Morgan fingerprint density at radius 2 is 1.58 bits per heavy atom. The van der Waals surface area contributed by atoms with Crippen molar-refractivity contribution in [3.05, 3.63) is 70.7 Å². The molecule has 2 aromatic carbocycles. The van der Waals surface area contributed by atoms with E-state index in [1.807, 2.05) is 42.5 Å². The van der Waals surface area contributed by atoms with Crippen LogP contribution >= 0.6 is 11.6 Å². The third kappa shape index (κ3) is 6.34. The summed E-state index contributed by atoms with van der Waals surface area (Å²) in [6.07, 6.45) is 2.96. The molecule has 0 spiro atoms. The molecular formula is C20H24ClNO2. The lowest BCUT2D eigenvalue weighted by Crippen LogP contribution is -2.35. The fourth-order valence-electron chi connectivity index (χ4n) is 2.64. The predicted molar refractivity (Wildman–Crippen MR) is 98.2 cm³/mol. The Labute approximate surface area is 148 Å². The smallest absolute Gasteiger partial charge is 0.222 e. The summed E-state index contributed by atoms with van der Waals surface area (Å²) in [7, 11) is 0. The van der Waals surface area contributed by atoms with Gasteiger partial charge in [-0.05, 0) is 42.5 Å². The Kier molecular flexibility index (Phi) is 7.80. The van der Waals surface area contributed by atoms with Crippen molar-refractivity contribution < 1.29 is 9.90 Å². The van der Waals surface area contributed by atoms with Gasteiger partial charge in [-0.3, -0.25) is 4.79 Å². The van der Waals surface area contributed by atoms with E-state index in [1.165, 1.54) is 11.1 Å².